The zero-order chi connectivity index (χ0) is 10.5. The molecule has 0 nitrogen and oxygen atoms in total. The fourth-order valence-corrected chi connectivity index (χ4v) is 2.53. The minimum absolute atomic E-state index is 0.777. The van der Waals surface area contributed by atoms with Gasteiger partial charge in [-0.3, -0.25) is 0 Å². The van der Waals surface area contributed by atoms with Gasteiger partial charge in [0.1, 0.15) is 0 Å². The third-order valence-electron chi connectivity index (χ3n) is 3.01. The molecule has 1 aromatic carbocycles. The lowest BCUT2D eigenvalue weighted by atomic mass is 9.90. The first-order valence-electron chi connectivity index (χ1n) is 5.68. The standard InChI is InChI=1S/C14H18S/c1-15-14-9-7-13(8-10-14)11-12-5-3-2-4-6-12/h3,5,7-10,12H,2,4,6,11H2,1H3. The Hall–Kier alpha value is -0.690. The number of hydrogen-bond acceptors (Lipinski definition) is 1. The van der Waals surface area contributed by atoms with E-state index in [4.69, 9.17) is 0 Å². The average molecular weight is 218 g/mol. The average Bonchev–Trinajstić information content (AvgIpc) is 2.31. The highest BCUT2D eigenvalue weighted by Crippen LogP contribution is 2.22. The number of rotatable bonds is 3. The van der Waals surface area contributed by atoms with Crippen LogP contribution in [-0.4, -0.2) is 6.26 Å². The van der Waals surface area contributed by atoms with Crippen LogP contribution in [0.2, 0.25) is 0 Å². The Morgan fingerprint density at radius 3 is 2.67 bits per heavy atom. The van der Waals surface area contributed by atoms with Crippen molar-refractivity contribution in [3.05, 3.63) is 42.0 Å². The molecule has 1 aliphatic rings. The Kier molecular flexibility index (Phi) is 3.90. The maximum absolute atomic E-state index is 2.39. The summed E-state index contributed by atoms with van der Waals surface area (Å²) < 4.78 is 0. The summed E-state index contributed by atoms with van der Waals surface area (Å²) in [5.74, 6) is 0.777. The molecule has 1 unspecified atom stereocenters. The molecule has 0 heterocycles. The number of hydrogen-bond donors (Lipinski definition) is 0. The summed E-state index contributed by atoms with van der Waals surface area (Å²) in [6.45, 7) is 0. The molecular formula is C14H18S. The van der Waals surface area contributed by atoms with E-state index in [0.29, 0.717) is 0 Å². The van der Waals surface area contributed by atoms with Crippen LogP contribution >= 0.6 is 11.8 Å². The van der Waals surface area contributed by atoms with Crippen molar-refractivity contribution in [1.82, 2.24) is 0 Å². The van der Waals surface area contributed by atoms with E-state index in [-0.39, 0.29) is 0 Å². The highest BCUT2D eigenvalue weighted by molar-refractivity contribution is 7.98. The molecule has 1 atom stereocenters. The Labute approximate surface area is 96.8 Å². The van der Waals surface area contributed by atoms with Gasteiger partial charge in [0.25, 0.3) is 0 Å². The minimum Gasteiger partial charge on any atom is -0.130 e. The molecule has 0 N–H and O–H groups in total. The van der Waals surface area contributed by atoms with Crippen molar-refractivity contribution in [2.24, 2.45) is 5.92 Å². The minimum atomic E-state index is 0.777. The molecule has 0 aliphatic heterocycles. The van der Waals surface area contributed by atoms with Crippen LogP contribution < -0.4 is 0 Å². The highest BCUT2D eigenvalue weighted by Gasteiger charge is 2.08. The van der Waals surface area contributed by atoms with Crippen LogP contribution in [0.25, 0.3) is 0 Å². The molecule has 0 spiro atoms. The molecule has 0 radical (unpaired) electrons. The van der Waals surface area contributed by atoms with Gasteiger partial charge in [-0.05, 0) is 55.6 Å². The second-order valence-electron chi connectivity index (χ2n) is 4.17. The van der Waals surface area contributed by atoms with Gasteiger partial charge in [0.2, 0.25) is 0 Å². The molecule has 0 saturated carbocycles. The lowest BCUT2D eigenvalue weighted by Crippen LogP contribution is -2.04. The SMILES string of the molecule is CSc1ccc(CC2C=CCCC2)cc1. The molecule has 1 aromatic rings. The summed E-state index contributed by atoms with van der Waals surface area (Å²) in [5, 5.41) is 0. The first-order valence-corrected chi connectivity index (χ1v) is 6.90. The number of allylic oxidation sites excluding steroid dienone is 2. The van der Waals surface area contributed by atoms with E-state index < -0.39 is 0 Å². The van der Waals surface area contributed by atoms with Gasteiger partial charge in [0.05, 0.1) is 0 Å². The van der Waals surface area contributed by atoms with E-state index >= 15 is 0 Å². The molecule has 15 heavy (non-hydrogen) atoms. The van der Waals surface area contributed by atoms with Gasteiger partial charge in [-0.25, -0.2) is 0 Å². The van der Waals surface area contributed by atoms with Crippen molar-refractivity contribution in [3.63, 3.8) is 0 Å². The van der Waals surface area contributed by atoms with Crippen LogP contribution in [0.15, 0.2) is 41.3 Å². The van der Waals surface area contributed by atoms with Crippen molar-refractivity contribution in [3.8, 4) is 0 Å². The van der Waals surface area contributed by atoms with Crippen LogP contribution in [-0.2, 0) is 6.42 Å². The number of benzene rings is 1. The van der Waals surface area contributed by atoms with E-state index in [9.17, 15) is 0 Å². The third-order valence-corrected chi connectivity index (χ3v) is 3.75. The maximum Gasteiger partial charge on any atom is 0.00693 e. The fourth-order valence-electron chi connectivity index (χ4n) is 2.12. The van der Waals surface area contributed by atoms with Gasteiger partial charge in [0.15, 0.2) is 0 Å². The van der Waals surface area contributed by atoms with Crippen LogP contribution in [0.1, 0.15) is 24.8 Å². The van der Waals surface area contributed by atoms with Crippen molar-refractivity contribution in [2.75, 3.05) is 6.26 Å². The highest BCUT2D eigenvalue weighted by atomic mass is 32.2. The van der Waals surface area contributed by atoms with Crippen LogP contribution in [0, 0.1) is 5.92 Å². The molecule has 1 aliphatic carbocycles. The molecule has 0 fully saturated rings. The first kappa shape index (κ1) is 10.8. The van der Waals surface area contributed by atoms with Gasteiger partial charge < -0.3 is 0 Å². The van der Waals surface area contributed by atoms with E-state index in [1.165, 1.54) is 36.1 Å². The summed E-state index contributed by atoms with van der Waals surface area (Å²) in [4.78, 5) is 1.36. The predicted molar refractivity (Wildman–Crippen MR) is 68.4 cm³/mol. The van der Waals surface area contributed by atoms with Crippen molar-refractivity contribution in [1.29, 1.82) is 0 Å². The molecule has 0 bridgehead atoms. The van der Waals surface area contributed by atoms with Crippen LogP contribution in [0.5, 0.6) is 0 Å². The van der Waals surface area contributed by atoms with Gasteiger partial charge in [-0.2, -0.15) is 0 Å². The summed E-state index contributed by atoms with van der Waals surface area (Å²) in [7, 11) is 0. The Balaban J connectivity index is 1.97. The van der Waals surface area contributed by atoms with Crippen molar-refractivity contribution < 1.29 is 0 Å². The summed E-state index contributed by atoms with van der Waals surface area (Å²) in [5.41, 5.74) is 1.48. The predicted octanol–water partition coefficient (Wildman–Crippen LogP) is 4.31. The fraction of sp³-hybridized carbons (Fsp3) is 0.429. The van der Waals surface area contributed by atoms with E-state index in [1.54, 1.807) is 0 Å². The Morgan fingerprint density at radius 1 is 1.27 bits per heavy atom. The lowest BCUT2D eigenvalue weighted by molar-refractivity contribution is 0.538. The molecule has 1 heteroatoms. The molecule has 2 rings (SSSR count). The first-order chi connectivity index (χ1) is 7.38. The summed E-state index contributed by atoms with van der Waals surface area (Å²) in [6, 6.07) is 9.00. The van der Waals surface area contributed by atoms with Crippen LogP contribution in [0.3, 0.4) is 0 Å². The number of thioether (sulfide) groups is 1. The van der Waals surface area contributed by atoms with E-state index in [2.05, 4.69) is 42.7 Å². The van der Waals surface area contributed by atoms with E-state index in [0.717, 1.165) is 5.92 Å². The topological polar surface area (TPSA) is 0 Å². The second kappa shape index (κ2) is 5.41. The van der Waals surface area contributed by atoms with Gasteiger partial charge in [-0.15, -0.1) is 11.8 Å². The van der Waals surface area contributed by atoms with Gasteiger partial charge in [-0.1, -0.05) is 24.3 Å². The molecule has 80 valence electrons. The van der Waals surface area contributed by atoms with Gasteiger partial charge in [0, 0.05) is 4.90 Å². The smallest absolute Gasteiger partial charge is 0.00693 e. The zero-order valence-electron chi connectivity index (χ0n) is 9.28. The zero-order valence-corrected chi connectivity index (χ0v) is 10.1. The maximum atomic E-state index is 2.39. The quantitative estimate of drug-likeness (QED) is 0.538. The summed E-state index contributed by atoms with van der Waals surface area (Å²) in [6.07, 6.45) is 12.1. The molecule has 0 aromatic heterocycles. The molecule has 0 saturated heterocycles. The van der Waals surface area contributed by atoms with Crippen molar-refractivity contribution in [2.45, 2.75) is 30.6 Å². The lowest BCUT2D eigenvalue weighted by Gasteiger charge is -2.16. The Morgan fingerprint density at radius 2 is 2.07 bits per heavy atom. The largest absolute Gasteiger partial charge is 0.130 e. The summed E-state index contributed by atoms with van der Waals surface area (Å²) >= 11 is 1.81. The third kappa shape index (κ3) is 3.13. The van der Waals surface area contributed by atoms with E-state index in [1.807, 2.05) is 11.8 Å². The van der Waals surface area contributed by atoms with Crippen LogP contribution in [0.4, 0.5) is 0 Å². The molecule has 0 amide bonds. The second-order valence-corrected chi connectivity index (χ2v) is 5.05. The normalized spacial score (nSPS) is 20.5. The van der Waals surface area contributed by atoms with Crippen molar-refractivity contribution >= 4 is 11.8 Å². The van der Waals surface area contributed by atoms with Gasteiger partial charge >= 0.3 is 0 Å². The monoisotopic (exact) mass is 218 g/mol. The molecular weight excluding hydrogens is 200 g/mol. The Bertz CT molecular complexity index is 324.